The highest BCUT2D eigenvalue weighted by Crippen LogP contribution is 2.35. The highest BCUT2D eigenvalue weighted by Gasteiger charge is 2.46. The van der Waals surface area contributed by atoms with Gasteiger partial charge in [0.05, 0.1) is 24.2 Å². The van der Waals surface area contributed by atoms with E-state index in [0.29, 0.717) is 38.6 Å². The van der Waals surface area contributed by atoms with Crippen LogP contribution in [0.15, 0.2) is 121 Å². The van der Waals surface area contributed by atoms with Gasteiger partial charge in [0.25, 0.3) is 0 Å². The summed E-state index contributed by atoms with van der Waals surface area (Å²) < 4.78 is 0. The third-order valence-electron chi connectivity index (χ3n) is 16.0. The van der Waals surface area contributed by atoms with Crippen LogP contribution in [-0.4, -0.2) is 108 Å². The molecule has 15 nitrogen and oxygen atoms in total. The molecule has 4 aromatic carbocycles. The lowest BCUT2D eigenvalue weighted by atomic mass is 9.96. The Kier molecular flexibility index (Phi) is 18.6. The first kappa shape index (κ1) is 54.4. The molecule has 75 heavy (non-hydrogen) atoms. The quantitative estimate of drug-likeness (QED) is 0.0591. The summed E-state index contributed by atoms with van der Waals surface area (Å²) in [6.07, 6.45) is 9.49. The summed E-state index contributed by atoms with van der Waals surface area (Å²) in [5.74, 6) is -1.23. The van der Waals surface area contributed by atoms with Crippen LogP contribution in [0.1, 0.15) is 136 Å². The molecule has 0 aromatic heterocycles. The first-order valence-corrected chi connectivity index (χ1v) is 27.2. The lowest BCUT2D eigenvalue weighted by molar-refractivity contribution is -0.144. The van der Waals surface area contributed by atoms with Gasteiger partial charge in [-0.3, -0.25) is 28.8 Å². The third kappa shape index (κ3) is 13.3. The maximum atomic E-state index is 14.4. The Bertz CT molecular complexity index is 2610. The Morgan fingerprint density at radius 2 is 0.907 bits per heavy atom. The first-order valence-electron chi connectivity index (χ1n) is 27.2. The molecule has 0 spiro atoms. The maximum absolute atomic E-state index is 14.4. The molecule has 4 heterocycles. The molecule has 4 fully saturated rings. The van der Waals surface area contributed by atoms with Crippen LogP contribution in [-0.2, 0) is 41.7 Å². The molecule has 4 aliphatic heterocycles. The van der Waals surface area contributed by atoms with Crippen LogP contribution in [0.2, 0.25) is 0 Å². The molecule has 4 saturated heterocycles. The molecule has 4 aromatic rings. The van der Waals surface area contributed by atoms with Crippen molar-refractivity contribution in [1.82, 2.24) is 47.0 Å². The zero-order chi connectivity index (χ0) is 53.0. The zero-order valence-corrected chi connectivity index (χ0v) is 44.1. The molecule has 8 rings (SSSR count). The van der Waals surface area contributed by atoms with E-state index in [1.54, 1.807) is 37.7 Å². The van der Waals surface area contributed by atoms with E-state index in [2.05, 4.69) is 68.1 Å². The maximum Gasteiger partial charge on any atom is 0.246 e. The van der Waals surface area contributed by atoms with Crippen LogP contribution >= 0.6 is 0 Å². The van der Waals surface area contributed by atoms with Gasteiger partial charge in [-0.25, -0.2) is 0 Å². The predicted molar refractivity (Wildman–Crippen MR) is 291 cm³/mol. The van der Waals surface area contributed by atoms with Crippen LogP contribution in [0.25, 0.3) is 0 Å². The van der Waals surface area contributed by atoms with Gasteiger partial charge in [-0.15, -0.1) is 0 Å². The summed E-state index contributed by atoms with van der Waals surface area (Å²) in [6.45, 7) is 8.41. The second-order valence-corrected chi connectivity index (χ2v) is 21.0. The van der Waals surface area contributed by atoms with Crippen molar-refractivity contribution in [3.05, 3.63) is 155 Å². The molecule has 10 atom stereocenters. The van der Waals surface area contributed by atoms with Crippen molar-refractivity contribution in [2.45, 2.75) is 164 Å². The fraction of sp³-hybridized carbons (Fsp3) is 0.467. The standard InChI is InChI=1S/C60H77N9O6/c1-38(36-41-24-28-45(29-25-41)53(43-16-8-6-9-17-43)66-57(72)51-34-32-47-20-12-14-22-49(59(74)68(47)51)64-55(70)39(2)61-4)63-37-42-26-30-46(31-27-42)54(44-18-10-7-11-19-44)67-58(73)52-35-33-48-21-13-15-23-50(60(75)69(48)52)65-56(71)40(3)62-5/h6-11,16-19,24-31,39-40,47-54,61-63H,1,12-15,20-23,32-37H2,2-5H3,(H,64,70)(H,65,71)(H,66,72)(H,67,73)/t39-,40-,47-,48-,49-,50-,51-,52-,53-,54-/m0/s1. The smallest absolute Gasteiger partial charge is 0.246 e. The molecule has 0 radical (unpaired) electrons. The lowest BCUT2D eigenvalue weighted by Gasteiger charge is -2.36. The van der Waals surface area contributed by atoms with Gasteiger partial charge in [-0.05, 0) is 113 Å². The van der Waals surface area contributed by atoms with Crippen LogP contribution < -0.4 is 37.2 Å². The highest BCUT2D eigenvalue weighted by molar-refractivity contribution is 5.95. The van der Waals surface area contributed by atoms with E-state index >= 15 is 0 Å². The van der Waals surface area contributed by atoms with E-state index in [-0.39, 0.29) is 47.5 Å². The summed E-state index contributed by atoms with van der Waals surface area (Å²) in [4.78, 5) is 86.3. The highest BCUT2D eigenvalue weighted by atomic mass is 16.2. The number of hydrogen-bond acceptors (Lipinski definition) is 9. The number of allylic oxidation sites excluding steroid dienone is 1. The Morgan fingerprint density at radius 1 is 0.520 bits per heavy atom. The summed E-state index contributed by atoms with van der Waals surface area (Å²) in [5.41, 5.74) is 6.60. The number of amides is 6. The van der Waals surface area contributed by atoms with Crippen LogP contribution in [0.5, 0.6) is 0 Å². The van der Waals surface area contributed by atoms with Crippen LogP contribution in [0, 0.1) is 0 Å². The fourth-order valence-corrected chi connectivity index (χ4v) is 11.4. The molecule has 15 heteroatoms. The third-order valence-corrected chi connectivity index (χ3v) is 16.0. The number of nitrogens with one attached hydrogen (secondary N) is 7. The number of benzene rings is 4. The van der Waals surface area contributed by atoms with Crippen LogP contribution in [0.3, 0.4) is 0 Å². The molecule has 0 aliphatic carbocycles. The summed E-state index contributed by atoms with van der Waals surface area (Å²) >= 11 is 0. The SMILES string of the molecule is C=C(Cc1ccc([C@@H](NC(=O)[C@@H]2CC[C@@H]3CCCC[C@H](NC(=O)[C@H](C)NC)C(=O)N32)c2ccccc2)cc1)NCc1ccc([C@@H](NC(=O)[C@@H]2CC[C@@H]3CCCC[C@H](NC(=O)[C@H](C)NC)C(=O)N32)c2ccccc2)cc1. The van der Waals surface area contributed by atoms with Gasteiger partial charge in [-0.2, -0.15) is 0 Å². The fourth-order valence-electron chi connectivity index (χ4n) is 11.4. The Balaban J connectivity index is 0.891. The van der Waals surface area contributed by atoms with E-state index in [0.717, 1.165) is 90.4 Å². The van der Waals surface area contributed by atoms with Crippen molar-refractivity contribution in [3.8, 4) is 0 Å². The van der Waals surface area contributed by atoms with E-state index in [4.69, 9.17) is 0 Å². The van der Waals surface area contributed by atoms with Gasteiger partial charge in [0, 0.05) is 30.7 Å². The number of carbonyl (C=O) groups is 6. The lowest BCUT2D eigenvalue weighted by Crippen LogP contribution is -2.58. The molecule has 0 bridgehead atoms. The summed E-state index contributed by atoms with van der Waals surface area (Å²) in [6, 6.07) is 31.6. The average Bonchev–Trinajstić information content (AvgIpc) is 4.06. The van der Waals surface area contributed by atoms with Gasteiger partial charge in [0.2, 0.25) is 35.4 Å². The number of carbonyl (C=O) groups excluding carboxylic acids is 6. The molecule has 4 aliphatic rings. The predicted octanol–water partition coefficient (Wildman–Crippen LogP) is 6.00. The van der Waals surface area contributed by atoms with Crippen molar-refractivity contribution in [3.63, 3.8) is 0 Å². The molecular formula is C60H77N9O6. The second-order valence-electron chi connectivity index (χ2n) is 21.0. The molecule has 0 saturated carbocycles. The van der Waals surface area contributed by atoms with E-state index in [9.17, 15) is 28.8 Å². The largest absolute Gasteiger partial charge is 0.384 e. The molecule has 6 amide bonds. The van der Waals surface area contributed by atoms with Crippen molar-refractivity contribution in [2.24, 2.45) is 0 Å². The van der Waals surface area contributed by atoms with E-state index in [1.165, 1.54) is 0 Å². The zero-order valence-electron chi connectivity index (χ0n) is 44.1. The van der Waals surface area contributed by atoms with Gasteiger partial charge in [-0.1, -0.05) is 141 Å². The van der Waals surface area contributed by atoms with Crippen molar-refractivity contribution >= 4 is 35.4 Å². The first-order chi connectivity index (χ1) is 36.3. The minimum absolute atomic E-state index is 0.0440. The molecule has 398 valence electrons. The Morgan fingerprint density at radius 3 is 1.32 bits per heavy atom. The normalized spacial score (nSPS) is 23.4. The number of likely N-dealkylation sites (N-methyl/N-ethyl adjacent to an activating group) is 2. The molecule has 0 unspecified atom stereocenters. The Hall–Kier alpha value is -6.84. The van der Waals surface area contributed by atoms with Gasteiger partial charge in [0.1, 0.15) is 24.2 Å². The van der Waals surface area contributed by atoms with Gasteiger partial charge < -0.3 is 47.0 Å². The van der Waals surface area contributed by atoms with Crippen molar-refractivity contribution in [1.29, 1.82) is 0 Å². The minimum Gasteiger partial charge on any atom is -0.384 e. The van der Waals surface area contributed by atoms with Crippen molar-refractivity contribution in [2.75, 3.05) is 14.1 Å². The van der Waals surface area contributed by atoms with Crippen molar-refractivity contribution < 1.29 is 28.8 Å². The van der Waals surface area contributed by atoms with E-state index < -0.39 is 48.3 Å². The topological polar surface area (TPSA) is 193 Å². The summed E-state index contributed by atoms with van der Waals surface area (Å²) in [5, 5.41) is 22.0. The number of fused-ring (bicyclic) bond motifs is 2. The second kappa shape index (κ2) is 25.6. The number of nitrogens with zero attached hydrogens (tertiary/aromatic N) is 2. The Labute approximate surface area is 442 Å². The monoisotopic (exact) mass is 1020 g/mol. The van der Waals surface area contributed by atoms with Gasteiger partial charge >= 0.3 is 0 Å². The van der Waals surface area contributed by atoms with Gasteiger partial charge in [0.15, 0.2) is 0 Å². The summed E-state index contributed by atoms with van der Waals surface area (Å²) in [7, 11) is 3.43. The minimum atomic E-state index is -0.674. The van der Waals surface area contributed by atoms with E-state index in [1.807, 2.05) is 84.9 Å². The molecule has 7 N–H and O–H groups in total. The average molecular weight is 1020 g/mol. The number of hydrogen-bond donors (Lipinski definition) is 7. The molecular weight excluding hydrogens is 943 g/mol. The van der Waals surface area contributed by atoms with Crippen LogP contribution in [0.4, 0.5) is 0 Å². The number of rotatable bonds is 19.